The van der Waals surface area contributed by atoms with Gasteiger partial charge in [0.15, 0.2) is 0 Å². The van der Waals surface area contributed by atoms with E-state index in [2.05, 4.69) is 15.5 Å². The van der Waals surface area contributed by atoms with Crippen LogP contribution in [0.4, 0.5) is 5.69 Å². The van der Waals surface area contributed by atoms with Gasteiger partial charge in [-0.3, -0.25) is 9.36 Å². The summed E-state index contributed by atoms with van der Waals surface area (Å²) in [5.74, 6) is -0.174. The standard InChI is InChI=1S/C14H17N5O2/c15-14(4-6-21-7-5-14)13(20)18-11-2-1-3-12(8-11)19-9-16-17-10-19/h1-3,8-10H,4-7,15H2,(H,18,20). The first-order valence-electron chi connectivity index (χ1n) is 6.81. The second-order valence-electron chi connectivity index (χ2n) is 5.14. The molecule has 1 aromatic heterocycles. The fraction of sp³-hybridized carbons (Fsp3) is 0.357. The number of amides is 1. The largest absolute Gasteiger partial charge is 0.381 e. The van der Waals surface area contributed by atoms with Crippen LogP contribution in [0.25, 0.3) is 5.69 Å². The van der Waals surface area contributed by atoms with Gasteiger partial charge in [-0.1, -0.05) is 6.07 Å². The van der Waals surface area contributed by atoms with E-state index in [4.69, 9.17) is 10.5 Å². The van der Waals surface area contributed by atoms with Crippen molar-refractivity contribution in [2.75, 3.05) is 18.5 Å². The van der Waals surface area contributed by atoms with E-state index < -0.39 is 5.54 Å². The summed E-state index contributed by atoms with van der Waals surface area (Å²) in [5, 5.41) is 10.4. The maximum absolute atomic E-state index is 12.4. The lowest BCUT2D eigenvalue weighted by atomic mass is 9.90. The van der Waals surface area contributed by atoms with Crippen molar-refractivity contribution in [3.05, 3.63) is 36.9 Å². The molecular formula is C14H17N5O2. The number of hydrogen-bond acceptors (Lipinski definition) is 5. The summed E-state index contributed by atoms with van der Waals surface area (Å²) in [6.45, 7) is 1.04. The minimum Gasteiger partial charge on any atom is -0.381 e. The Balaban J connectivity index is 1.76. The maximum atomic E-state index is 12.4. The topological polar surface area (TPSA) is 95.1 Å². The molecule has 7 nitrogen and oxygen atoms in total. The van der Waals surface area contributed by atoms with Crippen molar-refractivity contribution >= 4 is 11.6 Å². The number of benzene rings is 1. The second kappa shape index (κ2) is 5.63. The molecule has 0 aliphatic carbocycles. The molecule has 7 heteroatoms. The molecule has 1 aliphatic rings. The minimum atomic E-state index is -0.856. The van der Waals surface area contributed by atoms with Gasteiger partial charge in [-0.2, -0.15) is 0 Å². The third kappa shape index (κ3) is 2.93. The van der Waals surface area contributed by atoms with E-state index in [1.807, 2.05) is 24.3 Å². The van der Waals surface area contributed by atoms with Crippen molar-refractivity contribution in [2.45, 2.75) is 18.4 Å². The molecule has 0 atom stereocenters. The van der Waals surface area contributed by atoms with E-state index in [1.165, 1.54) is 0 Å². The molecule has 1 saturated heterocycles. The van der Waals surface area contributed by atoms with Crippen molar-refractivity contribution in [3.8, 4) is 5.69 Å². The van der Waals surface area contributed by atoms with Crippen molar-refractivity contribution in [1.29, 1.82) is 0 Å². The fourth-order valence-electron chi connectivity index (χ4n) is 2.30. The molecule has 0 radical (unpaired) electrons. The van der Waals surface area contributed by atoms with E-state index in [1.54, 1.807) is 17.2 Å². The van der Waals surface area contributed by atoms with E-state index in [0.717, 1.165) is 5.69 Å². The van der Waals surface area contributed by atoms with Crippen molar-refractivity contribution in [2.24, 2.45) is 5.73 Å². The van der Waals surface area contributed by atoms with Crippen LogP contribution in [0.3, 0.4) is 0 Å². The molecule has 2 heterocycles. The first-order chi connectivity index (χ1) is 10.2. The highest BCUT2D eigenvalue weighted by Crippen LogP contribution is 2.21. The number of nitrogens with two attached hydrogens (primary N) is 1. The fourth-order valence-corrected chi connectivity index (χ4v) is 2.30. The Labute approximate surface area is 122 Å². The van der Waals surface area contributed by atoms with Crippen LogP contribution in [-0.2, 0) is 9.53 Å². The summed E-state index contributed by atoms with van der Waals surface area (Å²) in [6, 6.07) is 7.45. The van der Waals surface area contributed by atoms with Crippen molar-refractivity contribution in [1.82, 2.24) is 14.8 Å². The zero-order chi connectivity index (χ0) is 14.7. The smallest absolute Gasteiger partial charge is 0.244 e. The van der Waals surface area contributed by atoms with Gasteiger partial charge in [-0.15, -0.1) is 10.2 Å². The van der Waals surface area contributed by atoms with Crippen LogP contribution in [0.15, 0.2) is 36.9 Å². The maximum Gasteiger partial charge on any atom is 0.244 e. The van der Waals surface area contributed by atoms with Gasteiger partial charge in [-0.05, 0) is 31.0 Å². The van der Waals surface area contributed by atoms with Crippen LogP contribution < -0.4 is 11.1 Å². The molecule has 0 bridgehead atoms. The monoisotopic (exact) mass is 287 g/mol. The van der Waals surface area contributed by atoms with Gasteiger partial charge < -0.3 is 15.8 Å². The molecule has 1 aromatic carbocycles. The summed E-state index contributed by atoms with van der Waals surface area (Å²) in [6.07, 6.45) is 4.27. The Bertz CT molecular complexity index is 620. The Hall–Kier alpha value is -2.25. The van der Waals surface area contributed by atoms with Crippen LogP contribution >= 0.6 is 0 Å². The van der Waals surface area contributed by atoms with Gasteiger partial charge in [0.05, 0.1) is 5.69 Å². The first-order valence-corrected chi connectivity index (χ1v) is 6.81. The molecule has 3 rings (SSSR count). The van der Waals surface area contributed by atoms with E-state index in [-0.39, 0.29) is 5.91 Å². The first kappa shape index (κ1) is 13.7. The molecule has 110 valence electrons. The lowest BCUT2D eigenvalue weighted by molar-refractivity contribution is -0.124. The molecule has 0 unspecified atom stereocenters. The highest BCUT2D eigenvalue weighted by atomic mass is 16.5. The predicted octanol–water partition coefficient (Wildman–Crippen LogP) is 0.714. The molecule has 2 aromatic rings. The van der Waals surface area contributed by atoms with Crippen LogP contribution in [0.2, 0.25) is 0 Å². The summed E-state index contributed by atoms with van der Waals surface area (Å²) in [5.41, 5.74) is 6.88. The number of carbonyl (C=O) groups excluding carboxylic acids is 1. The third-order valence-electron chi connectivity index (χ3n) is 3.66. The number of hydrogen-bond donors (Lipinski definition) is 2. The number of nitrogens with zero attached hydrogens (tertiary/aromatic N) is 3. The number of carbonyl (C=O) groups is 1. The van der Waals surface area contributed by atoms with Gasteiger partial charge in [0.1, 0.15) is 18.2 Å². The van der Waals surface area contributed by atoms with Gasteiger partial charge in [0.2, 0.25) is 5.91 Å². The van der Waals surface area contributed by atoms with Gasteiger partial charge in [-0.25, -0.2) is 0 Å². The van der Waals surface area contributed by atoms with Crippen molar-refractivity contribution < 1.29 is 9.53 Å². The quantitative estimate of drug-likeness (QED) is 0.867. The third-order valence-corrected chi connectivity index (χ3v) is 3.66. The zero-order valence-corrected chi connectivity index (χ0v) is 11.5. The number of rotatable bonds is 3. The zero-order valence-electron chi connectivity index (χ0n) is 11.5. The van der Waals surface area contributed by atoms with Crippen LogP contribution in [0.5, 0.6) is 0 Å². The lowest BCUT2D eigenvalue weighted by Gasteiger charge is -2.31. The van der Waals surface area contributed by atoms with Gasteiger partial charge in [0, 0.05) is 18.9 Å². The number of nitrogens with one attached hydrogen (secondary N) is 1. The average Bonchev–Trinajstić information content (AvgIpc) is 3.02. The van der Waals surface area contributed by atoms with Crippen LogP contribution in [0, 0.1) is 0 Å². The highest BCUT2D eigenvalue weighted by Gasteiger charge is 2.35. The molecule has 1 aliphatic heterocycles. The van der Waals surface area contributed by atoms with E-state index in [9.17, 15) is 4.79 Å². The summed E-state index contributed by atoms with van der Waals surface area (Å²) < 4.78 is 7.02. The molecule has 1 amide bonds. The Kier molecular flexibility index (Phi) is 3.68. The Morgan fingerprint density at radius 3 is 2.71 bits per heavy atom. The lowest BCUT2D eigenvalue weighted by Crippen LogP contribution is -2.54. The molecule has 21 heavy (non-hydrogen) atoms. The number of ether oxygens (including phenoxy) is 1. The normalized spacial score (nSPS) is 17.4. The van der Waals surface area contributed by atoms with Gasteiger partial charge >= 0.3 is 0 Å². The van der Waals surface area contributed by atoms with Crippen LogP contribution in [0.1, 0.15) is 12.8 Å². The summed E-state index contributed by atoms with van der Waals surface area (Å²) in [7, 11) is 0. The molecule has 1 fully saturated rings. The van der Waals surface area contributed by atoms with E-state index >= 15 is 0 Å². The molecule has 0 saturated carbocycles. The Morgan fingerprint density at radius 1 is 1.29 bits per heavy atom. The van der Waals surface area contributed by atoms with Crippen LogP contribution in [-0.4, -0.2) is 39.4 Å². The van der Waals surface area contributed by atoms with E-state index in [0.29, 0.717) is 31.7 Å². The van der Waals surface area contributed by atoms with Crippen molar-refractivity contribution in [3.63, 3.8) is 0 Å². The predicted molar refractivity (Wildman–Crippen MR) is 77.0 cm³/mol. The highest BCUT2D eigenvalue weighted by molar-refractivity contribution is 5.98. The summed E-state index contributed by atoms with van der Waals surface area (Å²) >= 11 is 0. The minimum absolute atomic E-state index is 0.174. The van der Waals surface area contributed by atoms with Gasteiger partial charge in [0.25, 0.3) is 0 Å². The molecular weight excluding hydrogens is 270 g/mol. The number of anilines is 1. The second-order valence-corrected chi connectivity index (χ2v) is 5.14. The summed E-state index contributed by atoms with van der Waals surface area (Å²) in [4.78, 5) is 12.4. The average molecular weight is 287 g/mol. The number of aromatic nitrogens is 3. The SMILES string of the molecule is NC1(C(=O)Nc2cccc(-n3cnnc3)c2)CCOCC1. The Morgan fingerprint density at radius 2 is 2.00 bits per heavy atom. The molecule has 3 N–H and O–H groups in total. The molecule has 0 spiro atoms.